The molecule has 1 aromatic carbocycles. The van der Waals surface area contributed by atoms with Gasteiger partial charge in [-0.15, -0.1) is 0 Å². The third-order valence-electron chi connectivity index (χ3n) is 2.20. The van der Waals surface area contributed by atoms with Crippen LogP contribution in [0.25, 0.3) is 0 Å². The van der Waals surface area contributed by atoms with Crippen LogP contribution in [0.15, 0.2) is 29.2 Å². The number of nitrogens with one attached hydrogen (secondary N) is 1. The zero-order valence-corrected chi connectivity index (χ0v) is 11.5. The van der Waals surface area contributed by atoms with Gasteiger partial charge in [0.25, 0.3) is 10.1 Å². The highest BCUT2D eigenvalue weighted by Crippen LogP contribution is 2.09. The van der Waals surface area contributed by atoms with E-state index in [0.29, 0.717) is 0 Å². The van der Waals surface area contributed by atoms with Crippen molar-refractivity contribution in [1.82, 2.24) is 4.72 Å². The second-order valence-electron chi connectivity index (χ2n) is 3.85. The average molecular weight is 293 g/mol. The molecular weight excluding hydrogens is 278 g/mol. The lowest BCUT2D eigenvalue weighted by molar-refractivity contribution is 0.480. The van der Waals surface area contributed by atoms with Crippen molar-refractivity contribution in [1.29, 1.82) is 0 Å². The van der Waals surface area contributed by atoms with Gasteiger partial charge in [-0.2, -0.15) is 8.42 Å². The van der Waals surface area contributed by atoms with E-state index in [1.807, 2.05) is 6.92 Å². The number of hydrogen-bond acceptors (Lipinski definition) is 4. The molecule has 0 radical (unpaired) electrons. The first-order valence-electron chi connectivity index (χ1n) is 5.22. The highest BCUT2D eigenvalue weighted by Gasteiger charge is 2.13. The van der Waals surface area contributed by atoms with Gasteiger partial charge in [0, 0.05) is 6.54 Å². The Hall–Kier alpha value is -0.960. The fourth-order valence-corrected chi connectivity index (χ4v) is 2.85. The van der Waals surface area contributed by atoms with Crippen LogP contribution in [0.3, 0.4) is 0 Å². The maximum absolute atomic E-state index is 11.7. The zero-order chi connectivity index (χ0) is 13.8. The Morgan fingerprint density at radius 3 is 2.17 bits per heavy atom. The molecule has 1 aromatic rings. The third kappa shape index (κ3) is 5.13. The first-order chi connectivity index (χ1) is 8.21. The Balaban J connectivity index is 2.58. The molecule has 102 valence electrons. The second kappa shape index (κ2) is 5.79. The maximum Gasteiger partial charge on any atom is 0.264 e. The number of hydrogen-bond donors (Lipinski definition) is 2. The Bertz CT molecular complexity index is 590. The fraction of sp³-hybridized carbons (Fsp3) is 0.400. The molecule has 0 amide bonds. The van der Waals surface area contributed by atoms with Crippen LogP contribution in [0.2, 0.25) is 0 Å². The predicted octanol–water partition coefficient (Wildman–Crippen LogP) is 0.551. The summed E-state index contributed by atoms with van der Waals surface area (Å²) in [5.41, 5.74) is 0.945. The molecule has 0 saturated carbocycles. The van der Waals surface area contributed by atoms with Crippen molar-refractivity contribution in [2.45, 2.75) is 18.2 Å². The molecule has 0 spiro atoms. The van der Waals surface area contributed by atoms with E-state index in [0.717, 1.165) is 5.56 Å². The summed E-state index contributed by atoms with van der Waals surface area (Å²) in [4.78, 5) is 0.125. The van der Waals surface area contributed by atoms with Gasteiger partial charge in [0.1, 0.15) is 0 Å². The Labute approximate surface area is 107 Å². The van der Waals surface area contributed by atoms with Gasteiger partial charge in [0.15, 0.2) is 0 Å². The minimum atomic E-state index is -4.05. The second-order valence-corrected chi connectivity index (χ2v) is 7.19. The summed E-state index contributed by atoms with van der Waals surface area (Å²) in [6.07, 6.45) is 0.0178. The Morgan fingerprint density at radius 1 is 1.11 bits per heavy atom. The van der Waals surface area contributed by atoms with Gasteiger partial charge in [-0.25, -0.2) is 13.1 Å². The van der Waals surface area contributed by atoms with E-state index in [1.165, 1.54) is 12.1 Å². The number of benzene rings is 1. The van der Waals surface area contributed by atoms with Crippen LogP contribution >= 0.6 is 0 Å². The normalized spacial score (nSPS) is 12.6. The van der Waals surface area contributed by atoms with Gasteiger partial charge < -0.3 is 0 Å². The van der Waals surface area contributed by atoms with Crippen LogP contribution in [-0.4, -0.2) is 33.7 Å². The van der Waals surface area contributed by atoms with Crippen LogP contribution in [0, 0.1) is 6.92 Å². The first kappa shape index (κ1) is 15.1. The molecule has 0 aliphatic carbocycles. The average Bonchev–Trinajstić information content (AvgIpc) is 2.24. The maximum atomic E-state index is 11.7. The molecule has 0 saturated heterocycles. The SMILES string of the molecule is Cc1ccc(S(=O)(=O)NCCCS(=O)(=O)O)cc1. The zero-order valence-electron chi connectivity index (χ0n) is 9.83. The molecule has 0 bridgehead atoms. The molecule has 0 atom stereocenters. The van der Waals surface area contributed by atoms with Gasteiger partial charge in [-0.05, 0) is 25.5 Å². The van der Waals surface area contributed by atoms with Gasteiger partial charge in [-0.1, -0.05) is 17.7 Å². The van der Waals surface area contributed by atoms with Crippen LogP contribution in [0.4, 0.5) is 0 Å². The highest BCUT2D eigenvalue weighted by atomic mass is 32.2. The molecule has 0 unspecified atom stereocenters. The molecule has 1 rings (SSSR count). The third-order valence-corrected chi connectivity index (χ3v) is 4.48. The summed E-state index contributed by atoms with van der Waals surface area (Å²) >= 11 is 0. The van der Waals surface area contributed by atoms with Crippen LogP contribution in [-0.2, 0) is 20.1 Å². The number of sulfonamides is 1. The van der Waals surface area contributed by atoms with E-state index in [-0.39, 0.29) is 17.9 Å². The predicted molar refractivity (Wildman–Crippen MR) is 67.4 cm³/mol. The summed E-state index contributed by atoms with van der Waals surface area (Å²) in [7, 11) is -7.67. The largest absolute Gasteiger partial charge is 0.286 e. The van der Waals surface area contributed by atoms with Crippen molar-refractivity contribution in [3.8, 4) is 0 Å². The number of aryl methyl sites for hydroxylation is 1. The summed E-state index contributed by atoms with van der Waals surface area (Å²) in [5.74, 6) is -0.469. The van der Waals surface area contributed by atoms with Crippen LogP contribution in [0.1, 0.15) is 12.0 Å². The molecule has 8 heteroatoms. The van der Waals surface area contributed by atoms with Crippen molar-refractivity contribution in [3.63, 3.8) is 0 Å². The van der Waals surface area contributed by atoms with E-state index in [2.05, 4.69) is 4.72 Å². The fourth-order valence-electron chi connectivity index (χ4n) is 1.26. The topological polar surface area (TPSA) is 101 Å². The lowest BCUT2D eigenvalue weighted by atomic mass is 10.2. The van der Waals surface area contributed by atoms with Crippen molar-refractivity contribution in [2.75, 3.05) is 12.3 Å². The van der Waals surface area contributed by atoms with Crippen molar-refractivity contribution >= 4 is 20.1 Å². The number of rotatable bonds is 6. The molecular formula is C10H15NO5S2. The van der Waals surface area contributed by atoms with Crippen molar-refractivity contribution in [3.05, 3.63) is 29.8 Å². The minimum Gasteiger partial charge on any atom is -0.286 e. The lowest BCUT2D eigenvalue weighted by Crippen LogP contribution is -2.26. The van der Waals surface area contributed by atoms with Crippen LogP contribution in [0.5, 0.6) is 0 Å². The molecule has 0 aromatic heterocycles. The summed E-state index contributed by atoms with van der Waals surface area (Å²) in [6.45, 7) is 1.80. The molecule has 0 aliphatic heterocycles. The van der Waals surface area contributed by atoms with E-state index < -0.39 is 25.9 Å². The van der Waals surface area contributed by atoms with E-state index in [9.17, 15) is 16.8 Å². The molecule has 0 aliphatic rings. The highest BCUT2D eigenvalue weighted by molar-refractivity contribution is 7.89. The van der Waals surface area contributed by atoms with E-state index in [4.69, 9.17) is 4.55 Å². The van der Waals surface area contributed by atoms with Crippen LogP contribution < -0.4 is 4.72 Å². The Morgan fingerprint density at radius 2 is 1.67 bits per heavy atom. The van der Waals surface area contributed by atoms with Crippen molar-refractivity contribution in [2.24, 2.45) is 0 Å². The quantitative estimate of drug-likeness (QED) is 0.589. The van der Waals surface area contributed by atoms with E-state index >= 15 is 0 Å². The Kier molecular flexibility index (Phi) is 4.85. The summed E-state index contributed by atoms with van der Waals surface area (Å²) < 4.78 is 55.1. The smallest absolute Gasteiger partial charge is 0.264 e. The molecule has 2 N–H and O–H groups in total. The summed E-state index contributed by atoms with van der Waals surface area (Å²) in [5, 5.41) is 0. The first-order valence-corrected chi connectivity index (χ1v) is 8.31. The van der Waals surface area contributed by atoms with Gasteiger partial charge >= 0.3 is 0 Å². The van der Waals surface area contributed by atoms with Gasteiger partial charge in [-0.3, -0.25) is 4.55 Å². The molecule has 0 fully saturated rings. The monoisotopic (exact) mass is 293 g/mol. The minimum absolute atomic E-state index is 0.0178. The van der Waals surface area contributed by atoms with E-state index in [1.54, 1.807) is 12.1 Å². The summed E-state index contributed by atoms with van der Waals surface area (Å²) in [6, 6.07) is 6.29. The van der Waals surface area contributed by atoms with Gasteiger partial charge in [0.05, 0.1) is 10.6 Å². The van der Waals surface area contributed by atoms with Gasteiger partial charge in [0.2, 0.25) is 10.0 Å². The molecule has 18 heavy (non-hydrogen) atoms. The lowest BCUT2D eigenvalue weighted by Gasteiger charge is -2.06. The molecule has 6 nitrogen and oxygen atoms in total. The van der Waals surface area contributed by atoms with Crippen molar-refractivity contribution < 1.29 is 21.4 Å². The standard InChI is InChI=1S/C10H15NO5S2/c1-9-3-5-10(6-4-9)18(15,16)11-7-2-8-17(12,13)14/h3-6,11H,2,7-8H2,1H3,(H,12,13,14). The molecule has 0 heterocycles.